The zero-order valence-corrected chi connectivity index (χ0v) is 7.92. The van der Waals surface area contributed by atoms with E-state index in [9.17, 15) is 4.79 Å². The summed E-state index contributed by atoms with van der Waals surface area (Å²) in [6, 6.07) is 8.21. The summed E-state index contributed by atoms with van der Waals surface area (Å²) >= 11 is 0. The molecule has 0 fully saturated rings. The number of hydrogen-bond donors (Lipinski definition) is 0. The first-order valence-electron chi connectivity index (χ1n) is 4.93. The molecule has 0 aliphatic heterocycles. The molecule has 0 aromatic heterocycles. The van der Waals surface area contributed by atoms with Gasteiger partial charge in [0.15, 0.2) is 0 Å². The van der Waals surface area contributed by atoms with E-state index in [-0.39, 0.29) is 5.92 Å². The molecule has 0 saturated carbocycles. The van der Waals surface area contributed by atoms with E-state index in [0.717, 1.165) is 12.8 Å². The molecular weight excluding hydrogens is 160 g/mol. The lowest BCUT2D eigenvalue weighted by atomic mass is 9.96. The maximum Gasteiger partial charge on any atom is 0.144 e. The average molecular weight is 174 g/mol. The fourth-order valence-corrected chi connectivity index (χ4v) is 2.12. The maximum atomic E-state index is 11.6. The van der Waals surface area contributed by atoms with Crippen molar-refractivity contribution < 1.29 is 4.79 Å². The molecule has 68 valence electrons. The number of carbonyl (C=O) groups is 1. The Morgan fingerprint density at radius 1 is 1.38 bits per heavy atom. The van der Waals surface area contributed by atoms with E-state index in [2.05, 4.69) is 19.1 Å². The summed E-state index contributed by atoms with van der Waals surface area (Å²) in [7, 11) is 0. The van der Waals surface area contributed by atoms with Gasteiger partial charge in [-0.15, -0.1) is 0 Å². The van der Waals surface area contributed by atoms with Gasteiger partial charge in [0.2, 0.25) is 0 Å². The molecule has 2 rings (SSSR count). The van der Waals surface area contributed by atoms with Crippen LogP contribution in [-0.2, 0) is 11.2 Å². The Kier molecular flexibility index (Phi) is 2.17. The highest BCUT2D eigenvalue weighted by Crippen LogP contribution is 2.33. The van der Waals surface area contributed by atoms with E-state index >= 15 is 0 Å². The quantitative estimate of drug-likeness (QED) is 0.673. The molecule has 0 bridgehead atoms. The van der Waals surface area contributed by atoms with Gasteiger partial charge in [-0.05, 0) is 17.5 Å². The Balaban J connectivity index is 2.35. The lowest BCUT2D eigenvalue weighted by Crippen LogP contribution is -2.05. The number of fused-ring (bicyclic) bond motifs is 1. The molecule has 0 saturated heterocycles. The summed E-state index contributed by atoms with van der Waals surface area (Å²) in [5.74, 6) is 0.601. The van der Waals surface area contributed by atoms with Gasteiger partial charge in [-0.1, -0.05) is 37.6 Å². The predicted molar refractivity (Wildman–Crippen MR) is 52.8 cm³/mol. The number of carbonyl (C=O) groups excluding carboxylic acids is 1. The Morgan fingerprint density at radius 3 is 2.92 bits per heavy atom. The smallest absolute Gasteiger partial charge is 0.144 e. The first kappa shape index (κ1) is 8.49. The highest BCUT2D eigenvalue weighted by molar-refractivity contribution is 5.92. The third kappa shape index (κ3) is 1.39. The summed E-state index contributed by atoms with van der Waals surface area (Å²) in [5, 5.41) is 0. The van der Waals surface area contributed by atoms with Crippen molar-refractivity contribution in [2.24, 2.45) is 0 Å². The highest BCUT2D eigenvalue weighted by atomic mass is 16.1. The van der Waals surface area contributed by atoms with Crippen LogP contribution in [0.2, 0.25) is 0 Å². The van der Waals surface area contributed by atoms with Crippen molar-refractivity contribution in [3.8, 4) is 0 Å². The fourth-order valence-electron chi connectivity index (χ4n) is 2.12. The third-order valence-corrected chi connectivity index (χ3v) is 2.76. The van der Waals surface area contributed by atoms with E-state index in [0.29, 0.717) is 12.2 Å². The molecule has 0 unspecified atom stereocenters. The Hall–Kier alpha value is -1.11. The standard InChI is InChI=1S/C12H14O/c1-2-5-11-10-7-4-3-6-9(10)8-12(11)13/h3-4,6-7,11H,2,5,8H2,1H3/t11-/m1/s1. The molecule has 1 atom stereocenters. The zero-order chi connectivity index (χ0) is 9.26. The topological polar surface area (TPSA) is 17.1 Å². The second-order valence-corrected chi connectivity index (χ2v) is 3.68. The van der Waals surface area contributed by atoms with Crippen LogP contribution in [0.15, 0.2) is 24.3 Å². The highest BCUT2D eigenvalue weighted by Gasteiger charge is 2.28. The van der Waals surface area contributed by atoms with Gasteiger partial charge in [0.1, 0.15) is 5.78 Å². The molecule has 0 radical (unpaired) electrons. The minimum atomic E-state index is 0.196. The summed E-state index contributed by atoms with van der Waals surface area (Å²) in [6.07, 6.45) is 2.75. The van der Waals surface area contributed by atoms with Crippen molar-refractivity contribution >= 4 is 5.78 Å². The number of benzene rings is 1. The van der Waals surface area contributed by atoms with Gasteiger partial charge in [0, 0.05) is 12.3 Å². The van der Waals surface area contributed by atoms with Crippen LogP contribution < -0.4 is 0 Å². The van der Waals surface area contributed by atoms with E-state index in [4.69, 9.17) is 0 Å². The first-order chi connectivity index (χ1) is 6.33. The Bertz CT molecular complexity index is 328. The lowest BCUT2D eigenvalue weighted by molar-refractivity contribution is -0.119. The molecule has 0 N–H and O–H groups in total. The molecule has 1 heteroatoms. The fraction of sp³-hybridized carbons (Fsp3) is 0.417. The molecular formula is C12H14O. The van der Waals surface area contributed by atoms with Gasteiger partial charge in [0.25, 0.3) is 0 Å². The van der Waals surface area contributed by atoms with Crippen LogP contribution in [0.1, 0.15) is 36.8 Å². The van der Waals surface area contributed by atoms with Crippen molar-refractivity contribution in [3.05, 3.63) is 35.4 Å². The van der Waals surface area contributed by atoms with Crippen molar-refractivity contribution in [3.63, 3.8) is 0 Å². The van der Waals surface area contributed by atoms with Gasteiger partial charge in [-0.2, -0.15) is 0 Å². The molecule has 1 aromatic rings. The van der Waals surface area contributed by atoms with Crippen LogP contribution in [0.3, 0.4) is 0 Å². The lowest BCUT2D eigenvalue weighted by Gasteiger charge is -2.07. The summed E-state index contributed by atoms with van der Waals surface area (Å²) < 4.78 is 0. The van der Waals surface area contributed by atoms with Crippen molar-refractivity contribution in [1.82, 2.24) is 0 Å². The molecule has 13 heavy (non-hydrogen) atoms. The summed E-state index contributed by atoms with van der Waals surface area (Å²) in [5.41, 5.74) is 2.51. The van der Waals surface area contributed by atoms with Gasteiger partial charge >= 0.3 is 0 Å². The minimum absolute atomic E-state index is 0.196. The van der Waals surface area contributed by atoms with E-state index in [1.807, 2.05) is 12.1 Å². The average Bonchev–Trinajstić information content (AvgIpc) is 2.44. The first-order valence-corrected chi connectivity index (χ1v) is 4.93. The SMILES string of the molecule is CCC[C@H]1C(=O)Cc2ccccc21. The van der Waals surface area contributed by atoms with Crippen molar-refractivity contribution in [1.29, 1.82) is 0 Å². The van der Waals surface area contributed by atoms with E-state index < -0.39 is 0 Å². The Labute approximate surface area is 78.8 Å². The van der Waals surface area contributed by atoms with Crippen LogP contribution in [0.25, 0.3) is 0 Å². The third-order valence-electron chi connectivity index (χ3n) is 2.76. The molecule has 0 amide bonds. The van der Waals surface area contributed by atoms with Crippen molar-refractivity contribution in [2.45, 2.75) is 32.1 Å². The van der Waals surface area contributed by atoms with Crippen LogP contribution in [0.5, 0.6) is 0 Å². The molecule has 1 aliphatic rings. The predicted octanol–water partition coefficient (Wildman–Crippen LogP) is 2.70. The molecule has 1 aliphatic carbocycles. The zero-order valence-electron chi connectivity index (χ0n) is 7.92. The van der Waals surface area contributed by atoms with Crippen molar-refractivity contribution in [2.75, 3.05) is 0 Å². The number of hydrogen-bond acceptors (Lipinski definition) is 1. The number of rotatable bonds is 2. The van der Waals surface area contributed by atoms with Crippen LogP contribution in [0, 0.1) is 0 Å². The van der Waals surface area contributed by atoms with Crippen LogP contribution in [0.4, 0.5) is 0 Å². The number of Topliss-reactive ketones (excluding diaryl/α,β-unsaturated/α-hetero) is 1. The molecule has 0 heterocycles. The summed E-state index contributed by atoms with van der Waals surface area (Å²) in [6.45, 7) is 2.13. The van der Waals surface area contributed by atoms with Gasteiger partial charge < -0.3 is 0 Å². The summed E-state index contributed by atoms with van der Waals surface area (Å²) in [4.78, 5) is 11.6. The van der Waals surface area contributed by atoms with Gasteiger partial charge in [-0.3, -0.25) is 4.79 Å². The van der Waals surface area contributed by atoms with Gasteiger partial charge in [-0.25, -0.2) is 0 Å². The molecule has 1 aromatic carbocycles. The maximum absolute atomic E-state index is 11.6. The second kappa shape index (κ2) is 3.33. The monoisotopic (exact) mass is 174 g/mol. The van der Waals surface area contributed by atoms with Crippen LogP contribution >= 0.6 is 0 Å². The molecule has 1 nitrogen and oxygen atoms in total. The molecule has 0 spiro atoms. The normalized spacial score (nSPS) is 20.4. The largest absolute Gasteiger partial charge is 0.299 e. The number of ketones is 1. The van der Waals surface area contributed by atoms with Gasteiger partial charge in [0.05, 0.1) is 0 Å². The Morgan fingerprint density at radius 2 is 2.15 bits per heavy atom. The van der Waals surface area contributed by atoms with Crippen LogP contribution in [-0.4, -0.2) is 5.78 Å². The second-order valence-electron chi connectivity index (χ2n) is 3.68. The van der Waals surface area contributed by atoms with E-state index in [1.165, 1.54) is 11.1 Å². The minimum Gasteiger partial charge on any atom is -0.299 e. The van der Waals surface area contributed by atoms with E-state index in [1.54, 1.807) is 0 Å².